The van der Waals surface area contributed by atoms with Gasteiger partial charge >= 0.3 is 0 Å². The molecule has 94 valence electrons. The van der Waals surface area contributed by atoms with Crippen molar-refractivity contribution in [2.75, 3.05) is 11.9 Å². The molecule has 3 heteroatoms. The Balaban J connectivity index is 1.99. The second-order valence-electron chi connectivity index (χ2n) is 4.29. The van der Waals surface area contributed by atoms with Gasteiger partial charge in [0.2, 0.25) is 0 Å². The quantitative estimate of drug-likeness (QED) is 0.866. The van der Waals surface area contributed by atoms with Gasteiger partial charge in [-0.2, -0.15) is 0 Å². The highest BCUT2D eigenvalue weighted by Crippen LogP contribution is 2.18. The van der Waals surface area contributed by atoms with Crippen LogP contribution in [0.15, 0.2) is 48.5 Å². The largest absolute Gasteiger partial charge is 0.387 e. The van der Waals surface area contributed by atoms with Crippen molar-refractivity contribution in [2.45, 2.75) is 13.0 Å². The van der Waals surface area contributed by atoms with E-state index in [9.17, 15) is 9.50 Å². The Morgan fingerprint density at radius 1 is 1.17 bits per heavy atom. The SMILES string of the molecule is Cc1ccc(NCC(O)c2ccccc2)c(F)c1. The van der Waals surface area contributed by atoms with E-state index in [1.54, 1.807) is 6.07 Å². The van der Waals surface area contributed by atoms with Crippen LogP contribution < -0.4 is 5.32 Å². The first-order chi connectivity index (χ1) is 8.66. The highest BCUT2D eigenvalue weighted by Gasteiger charge is 2.08. The first-order valence-corrected chi connectivity index (χ1v) is 5.90. The first-order valence-electron chi connectivity index (χ1n) is 5.90. The molecule has 0 aliphatic carbocycles. The second kappa shape index (κ2) is 5.65. The van der Waals surface area contributed by atoms with Gasteiger partial charge in [-0.3, -0.25) is 0 Å². The Morgan fingerprint density at radius 3 is 2.56 bits per heavy atom. The fourth-order valence-corrected chi connectivity index (χ4v) is 1.76. The molecule has 0 fully saturated rings. The molecule has 0 aliphatic rings. The predicted octanol–water partition coefficient (Wildman–Crippen LogP) is 3.28. The third-order valence-electron chi connectivity index (χ3n) is 2.79. The summed E-state index contributed by atoms with van der Waals surface area (Å²) >= 11 is 0. The number of benzene rings is 2. The highest BCUT2D eigenvalue weighted by molar-refractivity contribution is 5.46. The summed E-state index contributed by atoms with van der Waals surface area (Å²) in [6.07, 6.45) is -0.646. The predicted molar refractivity (Wildman–Crippen MR) is 71.0 cm³/mol. The Bertz CT molecular complexity index is 513. The van der Waals surface area contributed by atoms with Gasteiger partial charge in [-0.05, 0) is 30.2 Å². The molecule has 0 amide bonds. The van der Waals surface area contributed by atoms with Crippen LogP contribution in [-0.4, -0.2) is 11.7 Å². The van der Waals surface area contributed by atoms with Gasteiger partial charge in [0.15, 0.2) is 0 Å². The molecule has 2 N–H and O–H groups in total. The maximum Gasteiger partial charge on any atom is 0.146 e. The number of anilines is 1. The molecule has 2 aromatic rings. The number of nitrogens with one attached hydrogen (secondary N) is 1. The minimum Gasteiger partial charge on any atom is -0.387 e. The van der Waals surface area contributed by atoms with Crippen LogP contribution >= 0.6 is 0 Å². The molecule has 1 atom stereocenters. The monoisotopic (exact) mass is 245 g/mol. The molecule has 2 nitrogen and oxygen atoms in total. The topological polar surface area (TPSA) is 32.3 Å². The van der Waals surface area contributed by atoms with E-state index in [0.29, 0.717) is 5.69 Å². The van der Waals surface area contributed by atoms with Gasteiger partial charge in [0, 0.05) is 6.54 Å². The van der Waals surface area contributed by atoms with Crippen molar-refractivity contribution in [3.8, 4) is 0 Å². The van der Waals surface area contributed by atoms with Crippen molar-refractivity contribution in [1.82, 2.24) is 0 Å². The lowest BCUT2D eigenvalue weighted by atomic mass is 10.1. The van der Waals surface area contributed by atoms with E-state index in [1.165, 1.54) is 6.07 Å². The Labute approximate surface area is 106 Å². The number of hydrogen-bond acceptors (Lipinski definition) is 2. The maximum atomic E-state index is 13.6. The van der Waals surface area contributed by atoms with Crippen LogP contribution in [0.3, 0.4) is 0 Å². The van der Waals surface area contributed by atoms with Gasteiger partial charge in [0.05, 0.1) is 11.8 Å². The van der Waals surface area contributed by atoms with Gasteiger partial charge in [-0.1, -0.05) is 36.4 Å². The summed E-state index contributed by atoms with van der Waals surface area (Å²) in [6, 6.07) is 14.3. The minimum absolute atomic E-state index is 0.282. The van der Waals surface area contributed by atoms with E-state index >= 15 is 0 Å². The zero-order valence-electron chi connectivity index (χ0n) is 10.2. The molecular weight excluding hydrogens is 229 g/mol. The molecule has 0 bridgehead atoms. The fraction of sp³-hybridized carbons (Fsp3) is 0.200. The number of aliphatic hydroxyl groups excluding tert-OH is 1. The molecule has 0 aliphatic heterocycles. The molecule has 2 aromatic carbocycles. The van der Waals surface area contributed by atoms with Crippen LogP contribution in [0, 0.1) is 12.7 Å². The molecule has 2 rings (SSSR count). The second-order valence-corrected chi connectivity index (χ2v) is 4.29. The standard InChI is InChI=1S/C15H16FNO/c1-11-7-8-14(13(16)9-11)17-10-15(18)12-5-3-2-4-6-12/h2-9,15,17-18H,10H2,1H3. The van der Waals surface area contributed by atoms with E-state index < -0.39 is 6.10 Å². The lowest BCUT2D eigenvalue weighted by Gasteiger charge is -2.13. The summed E-state index contributed by atoms with van der Waals surface area (Å²) in [7, 11) is 0. The van der Waals surface area contributed by atoms with E-state index in [-0.39, 0.29) is 12.4 Å². The van der Waals surface area contributed by atoms with Crippen LogP contribution in [-0.2, 0) is 0 Å². The number of rotatable bonds is 4. The molecular formula is C15H16FNO. The number of halogens is 1. The van der Waals surface area contributed by atoms with Crippen LogP contribution in [0.1, 0.15) is 17.2 Å². The van der Waals surface area contributed by atoms with Crippen molar-refractivity contribution in [3.63, 3.8) is 0 Å². The maximum absolute atomic E-state index is 13.6. The third kappa shape index (κ3) is 3.08. The number of hydrogen-bond donors (Lipinski definition) is 2. The fourth-order valence-electron chi connectivity index (χ4n) is 1.76. The highest BCUT2D eigenvalue weighted by atomic mass is 19.1. The van der Waals surface area contributed by atoms with Gasteiger partial charge < -0.3 is 10.4 Å². The normalized spacial score (nSPS) is 12.2. The van der Waals surface area contributed by atoms with Crippen LogP contribution in [0.25, 0.3) is 0 Å². The number of aliphatic hydroxyl groups is 1. The Morgan fingerprint density at radius 2 is 1.89 bits per heavy atom. The Hall–Kier alpha value is -1.87. The first kappa shape index (κ1) is 12.6. The van der Waals surface area contributed by atoms with Crippen LogP contribution in [0.4, 0.5) is 10.1 Å². The zero-order valence-corrected chi connectivity index (χ0v) is 10.2. The zero-order chi connectivity index (χ0) is 13.0. The smallest absolute Gasteiger partial charge is 0.146 e. The average molecular weight is 245 g/mol. The summed E-state index contributed by atoms with van der Waals surface area (Å²) in [5, 5.41) is 12.9. The Kier molecular flexibility index (Phi) is 3.95. The average Bonchev–Trinajstić information content (AvgIpc) is 2.38. The lowest BCUT2D eigenvalue weighted by Crippen LogP contribution is -2.12. The van der Waals surface area contributed by atoms with Gasteiger partial charge in [-0.15, -0.1) is 0 Å². The summed E-state index contributed by atoms with van der Waals surface area (Å²) in [5.41, 5.74) is 2.11. The van der Waals surface area contributed by atoms with E-state index in [2.05, 4.69) is 5.32 Å². The molecule has 0 radical (unpaired) electrons. The molecule has 18 heavy (non-hydrogen) atoms. The summed E-state index contributed by atoms with van der Waals surface area (Å²) < 4.78 is 13.6. The number of aryl methyl sites for hydroxylation is 1. The molecule has 0 spiro atoms. The van der Waals surface area contributed by atoms with Crippen molar-refractivity contribution in [2.24, 2.45) is 0 Å². The third-order valence-corrected chi connectivity index (χ3v) is 2.79. The van der Waals surface area contributed by atoms with Gasteiger partial charge in [0.25, 0.3) is 0 Å². The van der Waals surface area contributed by atoms with Crippen LogP contribution in [0.5, 0.6) is 0 Å². The molecule has 0 aromatic heterocycles. The minimum atomic E-state index is -0.646. The van der Waals surface area contributed by atoms with E-state index in [1.807, 2.05) is 43.3 Å². The van der Waals surface area contributed by atoms with Gasteiger partial charge in [0.1, 0.15) is 5.82 Å². The van der Waals surface area contributed by atoms with Crippen molar-refractivity contribution in [1.29, 1.82) is 0 Å². The van der Waals surface area contributed by atoms with E-state index in [0.717, 1.165) is 11.1 Å². The lowest BCUT2D eigenvalue weighted by molar-refractivity contribution is 0.191. The summed E-state index contributed by atoms with van der Waals surface area (Å²) in [6.45, 7) is 2.12. The summed E-state index contributed by atoms with van der Waals surface area (Å²) in [5.74, 6) is -0.296. The van der Waals surface area contributed by atoms with Crippen molar-refractivity contribution >= 4 is 5.69 Å². The molecule has 0 heterocycles. The molecule has 0 saturated carbocycles. The van der Waals surface area contributed by atoms with Crippen LogP contribution in [0.2, 0.25) is 0 Å². The molecule has 0 saturated heterocycles. The molecule has 1 unspecified atom stereocenters. The van der Waals surface area contributed by atoms with Gasteiger partial charge in [-0.25, -0.2) is 4.39 Å². The van der Waals surface area contributed by atoms with E-state index in [4.69, 9.17) is 0 Å². The van der Waals surface area contributed by atoms with Crippen molar-refractivity contribution in [3.05, 3.63) is 65.5 Å². The summed E-state index contributed by atoms with van der Waals surface area (Å²) in [4.78, 5) is 0. The van der Waals surface area contributed by atoms with Crippen molar-refractivity contribution < 1.29 is 9.50 Å².